The van der Waals surface area contributed by atoms with Gasteiger partial charge in [0.2, 0.25) is 0 Å². The third-order valence-corrected chi connectivity index (χ3v) is 3.99. The minimum Gasteiger partial charge on any atom is -0.496 e. The van der Waals surface area contributed by atoms with Crippen molar-refractivity contribution in [3.8, 4) is 11.8 Å². The second kappa shape index (κ2) is 7.26. The summed E-state index contributed by atoms with van der Waals surface area (Å²) >= 11 is 3.50. The lowest BCUT2D eigenvalue weighted by Crippen LogP contribution is -2.18. The van der Waals surface area contributed by atoms with E-state index in [1.807, 2.05) is 30.3 Å². The molecule has 3 nitrogen and oxygen atoms in total. The maximum absolute atomic E-state index is 8.78. The number of nitrogens with zero attached hydrogens (tertiary/aromatic N) is 1. The fourth-order valence-corrected chi connectivity index (χ4v) is 2.60. The van der Waals surface area contributed by atoms with Crippen molar-refractivity contribution < 1.29 is 4.74 Å². The van der Waals surface area contributed by atoms with Gasteiger partial charge in [-0.05, 0) is 58.2 Å². The summed E-state index contributed by atoms with van der Waals surface area (Å²) in [7, 11) is 1.66. The van der Waals surface area contributed by atoms with E-state index in [4.69, 9.17) is 10.00 Å². The van der Waals surface area contributed by atoms with Gasteiger partial charge in [0, 0.05) is 12.6 Å². The molecule has 2 aromatic rings. The average molecular weight is 345 g/mol. The van der Waals surface area contributed by atoms with E-state index in [0.717, 1.165) is 22.3 Å². The number of halogens is 1. The fourth-order valence-electron chi connectivity index (χ4n) is 2.04. The molecule has 0 amide bonds. The topological polar surface area (TPSA) is 45.0 Å². The molecule has 4 heteroatoms. The smallest absolute Gasteiger partial charge is 0.133 e. The highest BCUT2D eigenvalue weighted by atomic mass is 79.9. The van der Waals surface area contributed by atoms with Crippen LogP contribution in [0.15, 0.2) is 46.9 Å². The van der Waals surface area contributed by atoms with E-state index < -0.39 is 0 Å². The van der Waals surface area contributed by atoms with Crippen LogP contribution < -0.4 is 10.1 Å². The van der Waals surface area contributed by atoms with Crippen LogP contribution in [-0.2, 0) is 6.54 Å². The molecule has 1 atom stereocenters. The van der Waals surface area contributed by atoms with Crippen LogP contribution >= 0.6 is 15.9 Å². The Hall–Kier alpha value is -1.83. The molecule has 2 aromatic carbocycles. The maximum atomic E-state index is 8.78. The van der Waals surface area contributed by atoms with Crippen molar-refractivity contribution in [3.63, 3.8) is 0 Å². The summed E-state index contributed by atoms with van der Waals surface area (Å²) in [5.74, 6) is 0.832. The van der Waals surface area contributed by atoms with E-state index in [2.05, 4.69) is 46.4 Å². The number of ether oxygens (including phenoxy) is 1. The van der Waals surface area contributed by atoms with Gasteiger partial charge in [-0.1, -0.05) is 18.2 Å². The van der Waals surface area contributed by atoms with Gasteiger partial charge in [0.1, 0.15) is 5.75 Å². The van der Waals surface area contributed by atoms with Gasteiger partial charge in [0.15, 0.2) is 0 Å². The molecule has 0 radical (unpaired) electrons. The highest BCUT2D eigenvalue weighted by Crippen LogP contribution is 2.28. The molecule has 0 aliphatic heterocycles. The molecule has 0 bridgehead atoms. The molecule has 1 N–H and O–H groups in total. The molecule has 1 unspecified atom stereocenters. The van der Waals surface area contributed by atoms with Gasteiger partial charge in [0.05, 0.1) is 23.2 Å². The van der Waals surface area contributed by atoms with Gasteiger partial charge in [0.25, 0.3) is 0 Å². The first-order chi connectivity index (χ1) is 10.1. The second-order valence-corrected chi connectivity index (χ2v) is 5.66. The molecule has 2 rings (SSSR count). The third kappa shape index (κ3) is 4.07. The summed E-state index contributed by atoms with van der Waals surface area (Å²) in [5.41, 5.74) is 3.04. The van der Waals surface area contributed by atoms with Crippen LogP contribution in [0.3, 0.4) is 0 Å². The summed E-state index contributed by atoms with van der Waals surface area (Å²) in [6, 6.07) is 16.1. The molecule has 0 spiro atoms. The molecule has 0 aromatic heterocycles. The van der Waals surface area contributed by atoms with Crippen molar-refractivity contribution in [2.75, 3.05) is 7.11 Å². The molecule has 0 saturated carbocycles. The number of rotatable bonds is 5. The number of hydrogen-bond donors (Lipinski definition) is 1. The molecule has 0 heterocycles. The Bertz CT molecular complexity index is 647. The van der Waals surface area contributed by atoms with Crippen molar-refractivity contribution in [1.82, 2.24) is 5.32 Å². The highest BCUT2D eigenvalue weighted by molar-refractivity contribution is 9.10. The molecular formula is C17H17BrN2O. The Kier molecular flexibility index (Phi) is 5.38. The van der Waals surface area contributed by atoms with Crippen LogP contribution in [-0.4, -0.2) is 7.11 Å². The number of methoxy groups -OCH3 is 1. The van der Waals surface area contributed by atoms with Gasteiger partial charge < -0.3 is 10.1 Å². The van der Waals surface area contributed by atoms with Gasteiger partial charge >= 0.3 is 0 Å². The highest BCUT2D eigenvalue weighted by Gasteiger charge is 2.08. The third-order valence-electron chi connectivity index (χ3n) is 3.37. The van der Waals surface area contributed by atoms with Crippen LogP contribution in [0.4, 0.5) is 0 Å². The molecule has 0 aliphatic carbocycles. The first-order valence-electron chi connectivity index (χ1n) is 6.70. The van der Waals surface area contributed by atoms with Gasteiger partial charge in [-0.2, -0.15) is 5.26 Å². The van der Waals surface area contributed by atoms with E-state index in [9.17, 15) is 0 Å². The Morgan fingerprint density at radius 3 is 2.52 bits per heavy atom. The minimum atomic E-state index is 0.225. The molecular weight excluding hydrogens is 328 g/mol. The monoisotopic (exact) mass is 344 g/mol. The fraction of sp³-hybridized carbons (Fsp3) is 0.235. The van der Waals surface area contributed by atoms with Crippen LogP contribution in [0.5, 0.6) is 5.75 Å². The molecule has 0 saturated heterocycles. The largest absolute Gasteiger partial charge is 0.496 e. The van der Waals surface area contributed by atoms with Crippen molar-refractivity contribution in [2.45, 2.75) is 19.5 Å². The van der Waals surface area contributed by atoms with Gasteiger partial charge in [-0.3, -0.25) is 0 Å². The zero-order valence-electron chi connectivity index (χ0n) is 12.1. The Morgan fingerprint density at radius 1 is 1.24 bits per heavy atom. The Morgan fingerprint density at radius 2 is 1.95 bits per heavy atom. The first-order valence-corrected chi connectivity index (χ1v) is 7.49. The Labute approximate surface area is 133 Å². The lowest BCUT2D eigenvalue weighted by atomic mass is 10.1. The number of nitriles is 1. The molecule has 0 fully saturated rings. The summed E-state index contributed by atoms with van der Waals surface area (Å²) in [6.07, 6.45) is 0. The van der Waals surface area contributed by atoms with Crippen LogP contribution in [0.25, 0.3) is 0 Å². The average Bonchev–Trinajstić information content (AvgIpc) is 2.53. The predicted molar refractivity (Wildman–Crippen MR) is 87.1 cm³/mol. The van der Waals surface area contributed by atoms with Crippen molar-refractivity contribution in [1.29, 1.82) is 5.26 Å². The van der Waals surface area contributed by atoms with E-state index >= 15 is 0 Å². The molecule has 0 aliphatic rings. The van der Waals surface area contributed by atoms with Crippen molar-refractivity contribution in [3.05, 3.63) is 63.6 Å². The summed E-state index contributed by atoms with van der Waals surface area (Å²) in [4.78, 5) is 0. The first kappa shape index (κ1) is 15.6. The maximum Gasteiger partial charge on any atom is 0.133 e. The Balaban J connectivity index is 1.99. The summed E-state index contributed by atoms with van der Waals surface area (Å²) in [5, 5.41) is 12.3. The molecule has 21 heavy (non-hydrogen) atoms. The van der Waals surface area contributed by atoms with Crippen LogP contribution in [0, 0.1) is 11.3 Å². The number of nitrogens with one attached hydrogen (secondary N) is 1. The van der Waals surface area contributed by atoms with E-state index in [1.54, 1.807) is 7.11 Å². The van der Waals surface area contributed by atoms with Crippen molar-refractivity contribution >= 4 is 15.9 Å². The van der Waals surface area contributed by atoms with Gasteiger partial charge in [-0.15, -0.1) is 0 Å². The lowest BCUT2D eigenvalue weighted by Gasteiger charge is -2.15. The standard InChI is InChI=1S/C17H17BrN2O/c1-12(15-7-8-17(21-2)16(18)9-15)20-11-14-5-3-13(10-19)4-6-14/h3-9,12,20H,11H2,1-2H3. The number of benzene rings is 2. The normalized spacial score (nSPS) is 11.7. The van der Waals surface area contributed by atoms with Gasteiger partial charge in [-0.25, -0.2) is 0 Å². The van der Waals surface area contributed by atoms with Crippen LogP contribution in [0.1, 0.15) is 29.7 Å². The summed E-state index contributed by atoms with van der Waals surface area (Å²) in [6.45, 7) is 2.88. The predicted octanol–water partition coefficient (Wildman–Crippen LogP) is 4.18. The zero-order chi connectivity index (χ0) is 15.2. The van der Waals surface area contributed by atoms with E-state index in [0.29, 0.717) is 5.56 Å². The lowest BCUT2D eigenvalue weighted by molar-refractivity contribution is 0.411. The summed E-state index contributed by atoms with van der Waals surface area (Å²) < 4.78 is 6.19. The quantitative estimate of drug-likeness (QED) is 0.884. The minimum absolute atomic E-state index is 0.225. The van der Waals surface area contributed by atoms with Crippen molar-refractivity contribution in [2.24, 2.45) is 0 Å². The molecule has 108 valence electrons. The zero-order valence-corrected chi connectivity index (χ0v) is 13.6. The SMILES string of the molecule is COc1ccc(C(C)NCc2ccc(C#N)cc2)cc1Br. The number of hydrogen-bond acceptors (Lipinski definition) is 3. The second-order valence-electron chi connectivity index (χ2n) is 4.81. The van der Waals surface area contributed by atoms with E-state index in [-0.39, 0.29) is 6.04 Å². The van der Waals surface area contributed by atoms with Crippen LogP contribution in [0.2, 0.25) is 0 Å². The van der Waals surface area contributed by atoms with E-state index in [1.165, 1.54) is 5.56 Å².